The molecule has 0 saturated carbocycles. The molecule has 1 aromatic rings. The van der Waals surface area contributed by atoms with Crippen molar-refractivity contribution in [2.75, 3.05) is 6.54 Å². The molecule has 1 N–H and O–H groups in total. The van der Waals surface area contributed by atoms with E-state index in [1.165, 1.54) is 6.07 Å². The molecule has 0 bridgehead atoms. The minimum absolute atomic E-state index is 0.200. The Bertz CT molecular complexity index is 432. The highest BCUT2D eigenvalue weighted by atomic mass is 19.4. The number of hydrogen-bond donors (Lipinski definition) is 1. The number of benzene rings is 1. The highest BCUT2D eigenvalue weighted by molar-refractivity contribution is 5.29. The molecule has 1 aromatic carbocycles. The normalized spacial score (nSPS) is 14.5. The number of rotatable bonds is 3. The average molecular weight is 277 g/mol. The Morgan fingerprint density at radius 3 is 2.11 bits per heavy atom. The maximum Gasteiger partial charge on any atom is 0.419 e. The zero-order chi connectivity index (χ0) is 14.8. The maximum absolute atomic E-state index is 13.6. The molecule has 0 aromatic heterocycles. The highest BCUT2D eigenvalue weighted by Crippen LogP contribution is 2.36. The van der Waals surface area contributed by atoms with E-state index >= 15 is 0 Å². The second-order valence-corrected chi connectivity index (χ2v) is 5.59. The Morgan fingerprint density at radius 1 is 1.16 bits per heavy atom. The zero-order valence-corrected chi connectivity index (χ0v) is 11.5. The first-order valence-corrected chi connectivity index (χ1v) is 6.17. The second-order valence-electron chi connectivity index (χ2n) is 5.59. The Kier molecular flexibility index (Phi) is 4.61. The Hall–Kier alpha value is -1.10. The summed E-state index contributed by atoms with van der Waals surface area (Å²) in [5.41, 5.74) is -0.914. The molecule has 5 heteroatoms. The molecule has 0 aliphatic rings. The monoisotopic (exact) mass is 277 g/mol. The molecule has 0 amide bonds. The first-order valence-electron chi connectivity index (χ1n) is 6.17. The Labute approximate surface area is 111 Å². The van der Waals surface area contributed by atoms with Crippen molar-refractivity contribution in [2.24, 2.45) is 5.41 Å². The van der Waals surface area contributed by atoms with Gasteiger partial charge >= 0.3 is 6.18 Å². The average Bonchev–Trinajstić information content (AvgIpc) is 2.22. The van der Waals surface area contributed by atoms with Crippen molar-refractivity contribution in [3.8, 4) is 0 Å². The van der Waals surface area contributed by atoms with Gasteiger partial charge in [-0.25, -0.2) is 4.39 Å². The summed E-state index contributed by atoms with van der Waals surface area (Å²) in [5.74, 6) is -1.22. The van der Waals surface area contributed by atoms with Gasteiger partial charge in [-0.15, -0.1) is 0 Å². The van der Waals surface area contributed by atoms with Crippen molar-refractivity contribution in [3.63, 3.8) is 0 Å². The number of halogens is 4. The topological polar surface area (TPSA) is 12.0 Å². The smallest absolute Gasteiger partial charge is 0.310 e. The van der Waals surface area contributed by atoms with Crippen LogP contribution in [-0.4, -0.2) is 6.54 Å². The quantitative estimate of drug-likeness (QED) is 0.800. The van der Waals surface area contributed by atoms with Crippen molar-refractivity contribution in [2.45, 2.75) is 39.9 Å². The van der Waals surface area contributed by atoms with E-state index in [1.54, 1.807) is 0 Å². The minimum Gasteiger partial charge on any atom is -0.310 e. The summed E-state index contributed by atoms with van der Waals surface area (Å²) in [6.07, 6.45) is -4.65. The van der Waals surface area contributed by atoms with Gasteiger partial charge in [0, 0.05) is 6.04 Å². The van der Waals surface area contributed by atoms with Gasteiger partial charge in [-0.05, 0) is 29.7 Å². The van der Waals surface area contributed by atoms with Crippen LogP contribution in [0.15, 0.2) is 18.2 Å². The molecule has 19 heavy (non-hydrogen) atoms. The Balaban J connectivity index is 3.18. The molecular formula is C14H19F4N. The summed E-state index contributed by atoms with van der Waals surface area (Å²) in [7, 11) is 0. The summed E-state index contributed by atoms with van der Waals surface area (Å²) in [6.45, 7) is 8.42. The predicted molar refractivity (Wildman–Crippen MR) is 67.3 cm³/mol. The summed E-state index contributed by atoms with van der Waals surface area (Å²) in [4.78, 5) is 0. The third-order valence-corrected chi connectivity index (χ3v) is 2.91. The van der Waals surface area contributed by atoms with E-state index in [-0.39, 0.29) is 11.5 Å². The van der Waals surface area contributed by atoms with Gasteiger partial charge in [-0.1, -0.05) is 33.8 Å². The van der Waals surface area contributed by atoms with Crippen LogP contribution >= 0.6 is 0 Å². The van der Waals surface area contributed by atoms with Crippen molar-refractivity contribution < 1.29 is 17.6 Å². The molecule has 0 radical (unpaired) electrons. The molecule has 0 heterocycles. The first-order chi connectivity index (χ1) is 8.57. The molecule has 1 nitrogen and oxygen atoms in total. The van der Waals surface area contributed by atoms with Gasteiger partial charge in [0.1, 0.15) is 5.82 Å². The van der Waals surface area contributed by atoms with Crippen LogP contribution in [0, 0.1) is 11.2 Å². The molecular weight excluding hydrogens is 258 g/mol. The molecule has 0 aliphatic carbocycles. The van der Waals surface area contributed by atoms with E-state index in [4.69, 9.17) is 0 Å². The molecule has 0 aliphatic heterocycles. The van der Waals surface area contributed by atoms with Crippen molar-refractivity contribution in [1.29, 1.82) is 0 Å². The van der Waals surface area contributed by atoms with Gasteiger partial charge in [0.2, 0.25) is 0 Å². The Morgan fingerprint density at radius 2 is 1.74 bits per heavy atom. The maximum atomic E-state index is 13.6. The van der Waals surface area contributed by atoms with Crippen molar-refractivity contribution in [3.05, 3.63) is 35.1 Å². The van der Waals surface area contributed by atoms with Crippen molar-refractivity contribution in [1.82, 2.24) is 5.32 Å². The molecule has 0 spiro atoms. The van der Waals surface area contributed by atoms with E-state index in [9.17, 15) is 17.6 Å². The molecule has 108 valence electrons. The van der Waals surface area contributed by atoms with Crippen LogP contribution in [0.5, 0.6) is 0 Å². The standard InChI is InChI=1S/C14H19F4N/c1-5-19-12(13(2,3)4)9-6-7-10(11(15)8-9)14(16,17)18/h6-8,12,19H,5H2,1-4H3. The van der Waals surface area contributed by atoms with Crippen LogP contribution in [0.25, 0.3) is 0 Å². The number of alkyl halides is 3. The van der Waals surface area contributed by atoms with Gasteiger partial charge in [0.25, 0.3) is 0 Å². The lowest BCUT2D eigenvalue weighted by Crippen LogP contribution is -2.32. The lowest BCUT2D eigenvalue weighted by molar-refractivity contribution is -0.140. The van der Waals surface area contributed by atoms with Gasteiger partial charge in [0.15, 0.2) is 0 Å². The fourth-order valence-corrected chi connectivity index (χ4v) is 2.07. The second kappa shape index (κ2) is 5.49. The van der Waals surface area contributed by atoms with Crippen molar-refractivity contribution >= 4 is 0 Å². The highest BCUT2D eigenvalue weighted by Gasteiger charge is 2.35. The predicted octanol–water partition coefficient (Wildman–Crippen LogP) is 4.54. The largest absolute Gasteiger partial charge is 0.419 e. The van der Waals surface area contributed by atoms with Crippen LogP contribution in [0.2, 0.25) is 0 Å². The van der Waals surface area contributed by atoms with Gasteiger partial charge in [-0.3, -0.25) is 0 Å². The van der Waals surface area contributed by atoms with Gasteiger partial charge < -0.3 is 5.32 Å². The van der Waals surface area contributed by atoms with E-state index in [2.05, 4.69) is 5.32 Å². The van der Waals surface area contributed by atoms with Gasteiger partial charge in [0.05, 0.1) is 5.56 Å². The van der Waals surface area contributed by atoms with E-state index in [0.717, 1.165) is 12.1 Å². The molecule has 0 fully saturated rings. The zero-order valence-electron chi connectivity index (χ0n) is 11.5. The lowest BCUT2D eigenvalue weighted by Gasteiger charge is -2.32. The third-order valence-electron chi connectivity index (χ3n) is 2.91. The summed E-state index contributed by atoms with van der Waals surface area (Å²) in [5, 5.41) is 3.18. The van der Waals surface area contributed by atoms with Crippen LogP contribution in [-0.2, 0) is 6.18 Å². The molecule has 1 rings (SSSR count). The summed E-state index contributed by atoms with van der Waals surface area (Å²) >= 11 is 0. The lowest BCUT2D eigenvalue weighted by atomic mass is 9.82. The fourth-order valence-electron chi connectivity index (χ4n) is 2.07. The summed E-state index contributed by atoms with van der Waals surface area (Å²) in [6, 6.07) is 2.92. The van der Waals surface area contributed by atoms with Crippen LogP contribution < -0.4 is 5.32 Å². The van der Waals surface area contributed by atoms with E-state index in [0.29, 0.717) is 12.1 Å². The number of nitrogens with one attached hydrogen (secondary N) is 1. The molecule has 1 atom stereocenters. The van der Waals surface area contributed by atoms with Crippen LogP contribution in [0.4, 0.5) is 17.6 Å². The van der Waals surface area contributed by atoms with Crippen LogP contribution in [0.3, 0.4) is 0 Å². The SMILES string of the molecule is CCNC(c1ccc(C(F)(F)F)c(F)c1)C(C)(C)C. The third kappa shape index (κ3) is 3.93. The van der Waals surface area contributed by atoms with Crippen LogP contribution in [0.1, 0.15) is 44.9 Å². The number of hydrogen-bond acceptors (Lipinski definition) is 1. The summed E-state index contributed by atoms with van der Waals surface area (Å²) < 4.78 is 51.1. The minimum atomic E-state index is -4.65. The molecule has 0 saturated heterocycles. The van der Waals surface area contributed by atoms with Gasteiger partial charge in [-0.2, -0.15) is 13.2 Å². The fraction of sp³-hybridized carbons (Fsp3) is 0.571. The van der Waals surface area contributed by atoms with E-state index in [1.807, 2.05) is 27.7 Å². The van der Waals surface area contributed by atoms with E-state index < -0.39 is 17.6 Å². The first kappa shape index (κ1) is 16.0. The molecule has 1 unspecified atom stereocenters.